The van der Waals surface area contributed by atoms with Crippen molar-refractivity contribution in [2.24, 2.45) is 0 Å². The third-order valence-electron chi connectivity index (χ3n) is 2.41. The van der Waals surface area contributed by atoms with Gasteiger partial charge in [0.25, 0.3) is 0 Å². The number of carbonyl (C=O) groups is 1. The number of anilines is 1. The molecule has 108 valence electrons. The fraction of sp³-hybridized carbons (Fsp3) is 0.231. The maximum absolute atomic E-state index is 11.8. The van der Waals surface area contributed by atoms with Gasteiger partial charge >= 0.3 is 0 Å². The Balaban J connectivity index is 1.82. The summed E-state index contributed by atoms with van der Waals surface area (Å²) < 4.78 is 1.69. The van der Waals surface area contributed by atoms with Crippen LogP contribution in [0.5, 0.6) is 0 Å². The molecule has 2 aromatic rings. The van der Waals surface area contributed by atoms with Crippen molar-refractivity contribution in [3.8, 4) is 6.07 Å². The third kappa shape index (κ3) is 5.04. The van der Waals surface area contributed by atoms with Crippen molar-refractivity contribution in [2.45, 2.75) is 15.1 Å². The molecule has 0 fully saturated rings. The van der Waals surface area contributed by atoms with Crippen LogP contribution in [0.25, 0.3) is 0 Å². The van der Waals surface area contributed by atoms with E-state index in [-0.39, 0.29) is 5.91 Å². The van der Waals surface area contributed by atoms with Crippen LogP contribution in [0.3, 0.4) is 0 Å². The summed E-state index contributed by atoms with van der Waals surface area (Å²) in [6, 6.07) is 9.35. The molecule has 0 aliphatic heterocycles. The maximum atomic E-state index is 11.8. The molecule has 0 aliphatic carbocycles. The van der Waals surface area contributed by atoms with Gasteiger partial charge in [0, 0.05) is 5.69 Å². The topological polar surface area (TPSA) is 78.7 Å². The van der Waals surface area contributed by atoms with Crippen LogP contribution in [-0.4, -0.2) is 28.1 Å². The Morgan fingerprint density at radius 2 is 2.05 bits per heavy atom. The first-order valence-electron chi connectivity index (χ1n) is 5.97. The summed E-state index contributed by atoms with van der Waals surface area (Å²) in [4.78, 5) is 11.8. The number of benzene rings is 1. The monoisotopic (exact) mass is 336 g/mol. The van der Waals surface area contributed by atoms with E-state index in [4.69, 9.17) is 5.26 Å². The molecule has 2 rings (SSSR count). The number of amides is 1. The third-order valence-corrected chi connectivity index (χ3v) is 5.44. The molecule has 5 nitrogen and oxygen atoms in total. The van der Waals surface area contributed by atoms with Gasteiger partial charge in [-0.3, -0.25) is 4.79 Å². The zero-order valence-corrected chi connectivity index (χ0v) is 13.6. The summed E-state index contributed by atoms with van der Waals surface area (Å²) in [5.74, 6) is 0.206. The highest BCUT2D eigenvalue weighted by atomic mass is 32.2. The first kappa shape index (κ1) is 15.8. The minimum absolute atomic E-state index is 0.0889. The quantitative estimate of drug-likeness (QED) is 0.817. The van der Waals surface area contributed by atoms with Gasteiger partial charge in [-0.1, -0.05) is 47.0 Å². The molecule has 0 atom stereocenters. The van der Waals surface area contributed by atoms with E-state index >= 15 is 0 Å². The highest BCUT2D eigenvalue weighted by Gasteiger charge is 2.08. The average Bonchev–Trinajstić information content (AvgIpc) is 2.96. The van der Waals surface area contributed by atoms with Crippen molar-refractivity contribution < 1.29 is 4.79 Å². The summed E-state index contributed by atoms with van der Waals surface area (Å²) in [7, 11) is 0. The van der Waals surface area contributed by atoms with Crippen LogP contribution < -0.4 is 5.32 Å². The molecular weight excluding hydrogens is 324 g/mol. The number of nitriles is 1. The van der Waals surface area contributed by atoms with Gasteiger partial charge in [0.15, 0.2) is 8.68 Å². The second-order valence-electron chi connectivity index (χ2n) is 3.91. The summed E-state index contributed by atoms with van der Waals surface area (Å²) in [5.41, 5.74) is 1.66. The molecule has 0 unspecified atom stereocenters. The van der Waals surface area contributed by atoms with Crippen molar-refractivity contribution in [1.82, 2.24) is 10.2 Å². The summed E-state index contributed by atoms with van der Waals surface area (Å²) in [5, 5.41) is 19.4. The number of thioether (sulfide) groups is 2. The predicted octanol–water partition coefficient (Wildman–Crippen LogP) is 3.06. The Labute approximate surface area is 135 Å². The highest BCUT2D eigenvalue weighted by molar-refractivity contribution is 8.03. The Bertz CT molecular complexity index is 648. The Morgan fingerprint density at radius 3 is 2.67 bits per heavy atom. The van der Waals surface area contributed by atoms with E-state index in [1.165, 1.54) is 34.9 Å². The van der Waals surface area contributed by atoms with Gasteiger partial charge in [0.2, 0.25) is 5.91 Å². The molecule has 1 heterocycles. The van der Waals surface area contributed by atoms with Crippen LogP contribution in [0.4, 0.5) is 5.69 Å². The smallest absolute Gasteiger partial charge is 0.234 e. The first-order chi connectivity index (χ1) is 10.2. The lowest BCUT2D eigenvalue weighted by atomic mass is 10.1. The minimum atomic E-state index is -0.0889. The molecule has 0 aliphatic rings. The largest absolute Gasteiger partial charge is 0.325 e. The summed E-state index contributed by atoms with van der Waals surface area (Å²) in [6.45, 7) is 0. The molecule has 0 spiro atoms. The van der Waals surface area contributed by atoms with E-state index in [2.05, 4.69) is 21.6 Å². The Kier molecular flexibility index (Phi) is 6.04. The summed E-state index contributed by atoms with van der Waals surface area (Å²) >= 11 is 4.39. The van der Waals surface area contributed by atoms with Crippen LogP contribution in [0.1, 0.15) is 5.56 Å². The van der Waals surface area contributed by atoms with E-state index in [1.807, 2.05) is 18.4 Å². The molecule has 1 N–H and O–H groups in total. The Hall–Kier alpha value is -1.56. The van der Waals surface area contributed by atoms with Gasteiger partial charge in [0.1, 0.15) is 0 Å². The second kappa shape index (κ2) is 8.02. The molecular formula is C13H12N4OS3. The van der Waals surface area contributed by atoms with Gasteiger partial charge in [-0.25, -0.2) is 0 Å². The lowest BCUT2D eigenvalue weighted by Gasteiger charge is -2.04. The van der Waals surface area contributed by atoms with E-state index in [1.54, 1.807) is 12.1 Å². The number of rotatable bonds is 6. The van der Waals surface area contributed by atoms with E-state index in [9.17, 15) is 4.79 Å². The number of aromatic nitrogens is 2. The first-order valence-corrected chi connectivity index (χ1v) is 9.00. The molecule has 1 aromatic heterocycles. The fourth-order valence-electron chi connectivity index (χ4n) is 1.46. The van der Waals surface area contributed by atoms with Crippen LogP contribution in [0.2, 0.25) is 0 Å². The van der Waals surface area contributed by atoms with Crippen molar-refractivity contribution >= 4 is 46.5 Å². The number of hydrogen-bond donors (Lipinski definition) is 1. The predicted molar refractivity (Wildman–Crippen MR) is 86.8 cm³/mol. The fourth-order valence-corrected chi connectivity index (χ4v) is 3.70. The molecule has 0 saturated heterocycles. The number of hydrogen-bond acceptors (Lipinski definition) is 7. The van der Waals surface area contributed by atoms with Crippen molar-refractivity contribution in [3.05, 3.63) is 29.8 Å². The van der Waals surface area contributed by atoms with Crippen LogP contribution in [0, 0.1) is 11.3 Å². The van der Waals surface area contributed by atoms with Gasteiger partial charge in [-0.2, -0.15) is 5.26 Å². The van der Waals surface area contributed by atoms with E-state index < -0.39 is 0 Å². The standard InChI is InChI=1S/C13H12N4OS3/c1-19-12-16-17-13(21-12)20-8-11(18)15-10-4-2-9(3-5-10)6-7-14/h2-5H,6,8H2,1H3,(H,15,18). The zero-order valence-electron chi connectivity index (χ0n) is 11.2. The maximum Gasteiger partial charge on any atom is 0.234 e. The normalized spacial score (nSPS) is 10.1. The van der Waals surface area contributed by atoms with Crippen molar-refractivity contribution in [1.29, 1.82) is 5.26 Å². The molecule has 0 saturated carbocycles. The number of carbonyl (C=O) groups excluding carboxylic acids is 1. The van der Waals surface area contributed by atoms with Crippen LogP contribution in [-0.2, 0) is 11.2 Å². The lowest BCUT2D eigenvalue weighted by molar-refractivity contribution is -0.113. The van der Waals surface area contributed by atoms with E-state index in [0.29, 0.717) is 12.2 Å². The van der Waals surface area contributed by atoms with Crippen molar-refractivity contribution in [2.75, 3.05) is 17.3 Å². The average molecular weight is 336 g/mol. The molecule has 0 radical (unpaired) electrons. The molecule has 21 heavy (non-hydrogen) atoms. The Morgan fingerprint density at radius 1 is 1.33 bits per heavy atom. The van der Waals surface area contributed by atoms with E-state index in [0.717, 1.165) is 19.9 Å². The van der Waals surface area contributed by atoms with Gasteiger partial charge in [0.05, 0.1) is 18.2 Å². The summed E-state index contributed by atoms with van der Waals surface area (Å²) in [6.07, 6.45) is 2.32. The molecule has 0 bridgehead atoms. The van der Waals surface area contributed by atoms with Gasteiger partial charge in [-0.15, -0.1) is 10.2 Å². The SMILES string of the molecule is CSc1nnc(SCC(=O)Nc2ccc(CC#N)cc2)s1. The van der Waals surface area contributed by atoms with Crippen LogP contribution in [0.15, 0.2) is 32.9 Å². The zero-order chi connectivity index (χ0) is 15.1. The number of nitrogens with zero attached hydrogens (tertiary/aromatic N) is 3. The van der Waals surface area contributed by atoms with Gasteiger partial charge in [-0.05, 0) is 24.0 Å². The van der Waals surface area contributed by atoms with Crippen LogP contribution >= 0.6 is 34.9 Å². The molecule has 8 heteroatoms. The van der Waals surface area contributed by atoms with Crippen molar-refractivity contribution in [3.63, 3.8) is 0 Å². The minimum Gasteiger partial charge on any atom is -0.325 e. The van der Waals surface area contributed by atoms with Gasteiger partial charge < -0.3 is 5.32 Å². The highest BCUT2D eigenvalue weighted by Crippen LogP contribution is 2.27. The lowest BCUT2D eigenvalue weighted by Crippen LogP contribution is -2.13. The number of nitrogens with one attached hydrogen (secondary N) is 1. The second-order valence-corrected chi connectivity index (χ2v) is 7.16. The molecule has 1 aromatic carbocycles. The molecule has 1 amide bonds.